The van der Waals surface area contributed by atoms with Crippen LogP contribution in [0, 0.1) is 0 Å². The third-order valence-electron chi connectivity index (χ3n) is 7.15. The standard InChI is InChI=1S/C35H30N4O7S/c1-45-28-17-8-21(19-29(28)46-2)18-27(38-33(42)23-6-4-3-5-7-23)34(43)37-24-11-15-26(16-12-24)47-30-20-31(40)39(35(30)44)25-13-9-22(10-14-25)32(36)41/h3-19,30H,20H2,1-2H3,(H2,36,41)(H,37,43)(H,38,42)/b27-18-. The number of methoxy groups -OCH3 is 2. The first-order chi connectivity index (χ1) is 22.7. The molecule has 4 aromatic rings. The molecule has 4 N–H and O–H groups in total. The molecular formula is C35H30N4O7S. The average Bonchev–Trinajstić information content (AvgIpc) is 3.36. The lowest BCUT2D eigenvalue weighted by Crippen LogP contribution is -2.31. The van der Waals surface area contributed by atoms with E-state index in [1.807, 2.05) is 0 Å². The molecule has 47 heavy (non-hydrogen) atoms. The molecule has 1 unspecified atom stereocenters. The average molecular weight is 651 g/mol. The summed E-state index contributed by atoms with van der Waals surface area (Å²) in [5, 5.41) is 4.85. The lowest BCUT2D eigenvalue weighted by atomic mass is 10.1. The summed E-state index contributed by atoms with van der Waals surface area (Å²) in [7, 11) is 3.02. The van der Waals surface area contributed by atoms with Crippen molar-refractivity contribution in [3.63, 3.8) is 0 Å². The first kappa shape index (κ1) is 32.5. The van der Waals surface area contributed by atoms with E-state index in [0.717, 1.165) is 4.90 Å². The quantitative estimate of drug-likeness (QED) is 0.157. The summed E-state index contributed by atoms with van der Waals surface area (Å²) in [5.74, 6) is -1.40. The zero-order chi connectivity index (χ0) is 33.5. The van der Waals surface area contributed by atoms with E-state index in [2.05, 4.69) is 10.6 Å². The zero-order valence-corrected chi connectivity index (χ0v) is 26.2. The number of nitrogens with two attached hydrogens (primary N) is 1. The van der Waals surface area contributed by atoms with Crippen molar-refractivity contribution in [3.05, 3.63) is 119 Å². The van der Waals surface area contributed by atoms with Gasteiger partial charge >= 0.3 is 0 Å². The molecule has 5 rings (SSSR count). The summed E-state index contributed by atoms with van der Waals surface area (Å²) >= 11 is 1.23. The van der Waals surface area contributed by atoms with Crippen LogP contribution in [0.15, 0.2) is 108 Å². The Kier molecular flexibility index (Phi) is 10.0. The number of carbonyl (C=O) groups excluding carboxylic acids is 5. The molecule has 5 amide bonds. The first-order valence-corrected chi connectivity index (χ1v) is 15.2. The second-order valence-electron chi connectivity index (χ2n) is 10.3. The van der Waals surface area contributed by atoms with Crippen LogP contribution in [0.25, 0.3) is 6.08 Å². The molecule has 1 aliphatic rings. The summed E-state index contributed by atoms with van der Waals surface area (Å²) in [6.45, 7) is 0. The van der Waals surface area contributed by atoms with E-state index in [1.54, 1.807) is 72.8 Å². The van der Waals surface area contributed by atoms with E-state index in [-0.39, 0.29) is 29.5 Å². The molecule has 238 valence electrons. The fraction of sp³-hybridized carbons (Fsp3) is 0.114. The maximum atomic E-state index is 13.5. The van der Waals surface area contributed by atoms with Crippen molar-refractivity contribution in [2.75, 3.05) is 24.4 Å². The Hall–Kier alpha value is -5.88. The molecule has 0 aromatic heterocycles. The Morgan fingerprint density at radius 2 is 1.53 bits per heavy atom. The number of nitrogens with one attached hydrogen (secondary N) is 2. The zero-order valence-electron chi connectivity index (χ0n) is 25.4. The minimum atomic E-state index is -0.650. The minimum absolute atomic E-state index is 0.00493. The molecule has 1 aliphatic heterocycles. The van der Waals surface area contributed by atoms with E-state index >= 15 is 0 Å². The fourth-order valence-electron chi connectivity index (χ4n) is 4.77. The van der Waals surface area contributed by atoms with Crippen molar-refractivity contribution >= 4 is 58.7 Å². The molecule has 1 atom stereocenters. The van der Waals surface area contributed by atoms with Crippen LogP contribution < -0.4 is 30.7 Å². The van der Waals surface area contributed by atoms with Crippen molar-refractivity contribution in [1.82, 2.24) is 5.32 Å². The predicted octanol–water partition coefficient (Wildman–Crippen LogP) is 4.64. The predicted molar refractivity (Wildman–Crippen MR) is 178 cm³/mol. The number of thioether (sulfide) groups is 1. The lowest BCUT2D eigenvalue weighted by molar-refractivity contribution is -0.121. The highest BCUT2D eigenvalue weighted by Crippen LogP contribution is 2.34. The number of primary amides is 1. The van der Waals surface area contributed by atoms with Crippen LogP contribution >= 0.6 is 11.8 Å². The second-order valence-corrected chi connectivity index (χ2v) is 11.5. The molecule has 1 heterocycles. The Bertz CT molecular complexity index is 1860. The van der Waals surface area contributed by atoms with Gasteiger partial charge in [0.05, 0.1) is 25.2 Å². The van der Waals surface area contributed by atoms with Gasteiger partial charge in [-0.05, 0) is 84.4 Å². The first-order valence-electron chi connectivity index (χ1n) is 14.3. The number of anilines is 2. The van der Waals surface area contributed by atoms with Crippen molar-refractivity contribution in [2.24, 2.45) is 5.73 Å². The number of hydrogen-bond acceptors (Lipinski definition) is 8. The van der Waals surface area contributed by atoms with Crippen LogP contribution in [-0.4, -0.2) is 49.0 Å². The van der Waals surface area contributed by atoms with Gasteiger partial charge in [-0.1, -0.05) is 24.3 Å². The molecule has 0 spiro atoms. The molecule has 11 nitrogen and oxygen atoms in total. The van der Waals surface area contributed by atoms with Gasteiger partial charge in [0.1, 0.15) is 5.70 Å². The summed E-state index contributed by atoms with van der Waals surface area (Å²) < 4.78 is 10.7. The molecule has 1 saturated heterocycles. The van der Waals surface area contributed by atoms with Gasteiger partial charge < -0.3 is 25.8 Å². The molecule has 12 heteroatoms. The molecule has 0 bridgehead atoms. The number of benzene rings is 4. The Morgan fingerprint density at radius 3 is 2.17 bits per heavy atom. The number of nitrogens with zero attached hydrogens (tertiary/aromatic N) is 1. The van der Waals surface area contributed by atoms with Gasteiger partial charge in [-0.2, -0.15) is 0 Å². The summed E-state index contributed by atoms with van der Waals surface area (Å²) in [6.07, 6.45) is 1.53. The Labute approximate surface area is 274 Å². The van der Waals surface area contributed by atoms with Crippen LogP contribution in [0.2, 0.25) is 0 Å². The summed E-state index contributed by atoms with van der Waals surface area (Å²) in [4.78, 5) is 65.5. The summed E-state index contributed by atoms with van der Waals surface area (Å²) in [6, 6.07) is 26.3. The highest BCUT2D eigenvalue weighted by atomic mass is 32.2. The second kappa shape index (κ2) is 14.5. The third-order valence-corrected chi connectivity index (χ3v) is 8.35. The van der Waals surface area contributed by atoms with E-state index in [0.29, 0.717) is 38.9 Å². The van der Waals surface area contributed by atoms with Gasteiger partial charge in [-0.3, -0.25) is 24.0 Å². The van der Waals surface area contributed by atoms with Gasteiger partial charge in [0.15, 0.2) is 11.5 Å². The molecular weight excluding hydrogens is 620 g/mol. The van der Waals surface area contributed by atoms with Crippen molar-refractivity contribution in [2.45, 2.75) is 16.6 Å². The number of hydrogen-bond donors (Lipinski definition) is 3. The molecule has 1 fully saturated rings. The highest BCUT2D eigenvalue weighted by Gasteiger charge is 2.40. The van der Waals surface area contributed by atoms with Gasteiger partial charge in [-0.15, -0.1) is 11.8 Å². The van der Waals surface area contributed by atoms with Crippen LogP contribution in [0.1, 0.15) is 32.7 Å². The van der Waals surface area contributed by atoms with Gasteiger partial charge in [0.2, 0.25) is 17.7 Å². The number of rotatable bonds is 11. The van der Waals surface area contributed by atoms with E-state index in [9.17, 15) is 24.0 Å². The highest BCUT2D eigenvalue weighted by molar-refractivity contribution is 8.00. The van der Waals surface area contributed by atoms with Crippen LogP contribution in [-0.2, 0) is 14.4 Å². The number of amides is 5. The summed E-state index contributed by atoms with van der Waals surface area (Å²) in [5.41, 5.74) is 7.31. The minimum Gasteiger partial charge on any atom is -0.493 e. The third kappa shape index (κ3) is 7.68. The van der Waals surface area contributed by atoms with Crippen molar-refractivity contribution < 1.29 is 33.4 Å². The largest absolute Gasteiger partial charge is 0.493 e. The van der Waals surface area contributed by atoms with Crippen molar-refractivity contribution in [3.8, 4) is 11.5 Å². The Morgan fingerprint density at radius 1 is 0.851 bits per heavy atom. The normalized spacial score (nSPS) is 14.5. The SMILES string of the molecule is COc1ccc(/C=C(\NC(=O)c2ccccc2)C(=O)Nc2ccc(SC3CC(=O)N(c4ccc(C(N)=O)cc4)C3=O)cc2)cc1OC. The van der Waals surface area contributed by atoms with E-state index < -0.39 is 23.0 Å². The van der Waals surface area contributed by atoms with E-state index in [4.69, 9.17) is 15.2 Å². The Balaban J connectivity index is 1.29. The smallest absolute Gasteiger partial charge is 0.272 e. The maximum Gasteiger partial charge on any atom is 0.272 e. The monoisotopic (exact) mass is 650 g/mol. The molecule has 0 saturated carbocycles. The van der Waals surface area contributed by atoms with Gasteiger partial charge in [-0.25, -0.2) is 4.90 Å². The van der Waals surface area contributed by atoms with Crippen LogP contribution in [0.5, 0.6) is 11.5 Å². The molecule has 0 aliphatic carbocycles. The van der Waals surface area contributed by atoms with Gasteiger partial charge in [0.25, 0.3) is 11.8 Å². The lowest BCUT2D eigenvalue weighted by Gasteiger charge is -2.15. The van der Waals surface area contributed by atoms with E-state index in [1.165, 1.54) is 56.3 Å². The molecule has 4 aromatic carbocycles. The number of carbonyl (C=O) groups is 5. The topological polar surface area (TPSA) is 157 Å². The number of ether oxygens (including phenoxy) is 2. The van der Waals surface area contributed by atoms with Crippen LogP contribution in [0.3, 0.4) is 0 Å². The number of imide groups is 1. The van der Waals surface area contributed by atoms with Crippen molar-refractivity contribution in [1.29, 1.82) is 0 Å². The van der Waals surface area contributed by atoms with Crippen LogP contribution in [0.4, 0.5) is 11.4 Å². The fourth-order valence-corrected chi connectivity index (χ4v) is 5.83. The molecule has 0 radical (unpaired) electrons. The maximum absolute atomic E-state index is 13.5. The van der Waals surface area contributed by atoms with Gasteiger partial charge in [0, 0.05) is 28.1 Å².